The van der Waals surface area contributed by atoms with Gasteiger partial charge in [0.2, 0.25) is 0 Å². The quantitative estimate of drug-likeness (QED) is 0.774. The molecule has 1 aliphatic rings. The van der Waals surface area contributed by atoms with Crippen LogP contribution in [-0.2, 0) is 0 Å². The Bertz CT molecular complexity index is 414. The molecule has 0 spiro atoms. The number of aliphatic hydroxyl groups is 1. The number of phenolic OH excluding ortho intramolecular Hbond substituents is 1. The second kappa shape index (κ2) is 8.42. The Morgan fingerprint density at radius 1 is 1.30 bits per heavy atom. The zero-order chi connectivity index (χ0) is 13.7. The van der Waals surface area contributed by atoms with E-state index in [1.165, 1.54) is 6.07 Å². The Morgan fingerprint density at radius 2 is 2.00 bits per heavy atom. The molecular formula is C14H22ClFN2O2. The molecule has 0 aliphatic carbocycles. The van der Waals surface area contributed by atoms with Crippen LogP contribution in [0.3, 0.4) is 0 Å². The summed E-state index contributed by atoms with van der Waals surface area (Å²) in [6.45, 7) is 3.63. The summed E-state index contributed by atoms with van der Waals surface area (Å²) in [4.78, 5) is 2.24. The fourth-order valence-corrected chi connectivity index (χ4v) is 2.61. The Kier molecular flexibility index (Phi) is 7.23. The maximum Gasteiger partial charge on any atom is 0.165 e. The lowest BCUT2D eigenvalue weighted by molar-refractivity contribution is 0.152. The Morgan fingerprint density at radius 3 is 2.65 bits per heavy atom. The van der Waals surface area contributed by atoms with Crippen molar-refractivity contribution in [1.82, 2.24) is 10.2 Å². The van der Waals surface area contributed by atoms with E-state index in [0.29, 0.717) is 18.4 Å². The summed E-state index contributed by atoms with van der Waals surface area (Å²) in [5, 5.41) is 22.2. The highest BCUT2D eigenvalue weighted by Crippen LogP contribution is 2.33. The molecule has 1 fully saturated rings. The molecule has 0 amide bonds. The third-order valence-corrected chi connectivity index (χ3v) is 3.61. The molecule has 6 heteroatoms. The lowest BCUT2D eigenvalue weighted by atomic mass is 9.98. The number of aliphatic hydroxyl groups excluding tert-OH is 1. The SMILES string of the molecule is Cl.OCCC[C@@H](c1cccc(F)c1O)N1CCNCC1. The summed E-state index contributed by atoms with van der Waals surface area (Å²) in [5.41, 5.74) is 0.621. The second-order valence-corrected chi connectivity index (χ2v) is 4.85. The maximum atomic E-state index is 13.5. The molecule has 1 atom stereocenters. The van der Waals surface area contributed by atoms with Crippen molar-refractivity contribution in [2.24, 2.45) is 0 Å². The number of piperazine rings is 1. The molecule has 0 saturated carbocycles. The van der Waals surface area contributed by atoms with Crippen LogP contribution in [0.4, 0.5) is 4.39 Å². The highest BCUT2D eigenvalue weighted by Gasteiger charge is 2.25. The van der Waals surface area contributed by atoms with Gasteiger partial charge in [-0.15, -0.1) is 12.4 Å². The van der Waals surface area contributed by atoms with Gasteiger partial charge in [0.05, 0.1) is 0 Å². The Balaban J connectivity index is 0.00000200. The van der Waals surface area contributed by atoms with Gasteiger partial charge in [-0.25, -0.2) is 4.39 Å². The van der Waals surface area contributed by atoms with Gasteiger partial charge in [0.15, 0.2) is 11.6 Å². The zero-order valence-electron chi connectivity index (χ0n) is 11.4. The smallest absolute Gasteiger partial charge is 0.165 e. The molecule has 0 radical (unpaired) electrons. The van der Waals surface area contributed by atoms with Crippen LogP contribution < -0.4 is 5.32 Å². The molecule has 1 aromatic rings. The van der Waals surface area contributed by atoms with E-state index in [9.17, 15) is 9.50 Å². The first-order chi connectivity index (χ1) is 9.24. The summed E-state index contributed by atoms with van der Waals surface area (Å²) in [6, 6.07) is 4.62. The summed E-state index contributed by atoms with van der Waals surface area (Å²) < 4.78 is 13.5. The fourth-order valence-electron chi connectivity index (χ4n) is 2.61. The topological polar surface area (TPSA) is 55.7 Å². The van der Waals surface area contributed by atoms with Crippen LogP contribution >= 0.6 is 12.4 Å². The minimum Gasteiger partial charge on any atom is -0.505 e. The van der Waals surface area contributed by atoms with Crippen LogP contribution in [0.2, 0.25) is 0 Å². The van der Waals surface area contributed by atoms with Crippen molar-refractivity contribution in [3.63, 3.8) is 0 Å². The van der Waals surface area contributed by atoms with Gasteiger partial charge < -0.3 is 15.5 Å². The van der Waals surface area contributed by atoms with Gasteiger partial charge in [0.25, 0.3) is 0 Å². The first kappa shape index (κ1) is 17.2. The number of hydrogen-bond donors (Lipinski definition) is 3. The molecule has 1 aliphatic heterocycles. The number of para-hydroxylation sites is 1. The van der Waals surface area contributed by atoms with E-state index < -0.39 is 5.82 Å². The van der Waals surface area contributed by atoms with Gasteiger partial charge >= 0.3 is 0 Å². The minimum atomic E-state index is -0.582. The molecule has 20 heavy (non-hydrogen) atoms. The summed E-state index contributed by atoms with van der Waals surface area (Å²) >= 11 is 0. The molecule has 4 nitrogen and oxygen atoms in total. The van der Waals surface area contributed by atoms with E-state index in [1.807, 2.05) is 0 Å². The van der Waals surface area contributed by atoms with Gasteiger partial charge in [-0.3, -0.25) is 4.90 Å². The fraction of sp³-hybridized carbons (Fsp3) is 0.571. The van der Waals surface area contributed by atoms with Crippen molar-refractivity contribution in [3.05, 3.63) is 29.6 Å². The lowest BCUT2D eigenvalue weighted by Gasteiger charge is -2.35. The van der Waals surface area contributed by atoms with Crippen molar-refractivity contribution < 1.29 is 14.6 Å². The van der Waals surface area contributed by atoms with Crippen LogP contribution in [0, 0.1) is 5.82 Å². The maximum absolute atomic E-state index is 13.5. The summed E-state index contributed by atoms with van der Waals surface area (Å²) in [6.07, 6.45) is 1.36. The molecule has 114 valence electrons. The number of phenols is 1. The molecular weight excluding hydrogens is 283 g/mol. The number of aromatic hydroxyl groups is 1. The summed E-state index contributed by atoms with van der Waals surface area (Å²) in [5.74, 6) is -0.842. The van der Waals surface area contributed by atoms with Gasteiger partial charge in [-0.05, 0) is 18.9 Å². The lowest BCUT2D eigenvalue weighted by Crippen LogP contribution is -2.45. The van der Waals surface area contributed by atoms with Gasteiger partial charge in [0.1, 0.15) is 0 Å². The molecule has 0 aromatic heterocycles. The molecule has 1 aromatic carbocycles. The highest BCUT2D eigenvalue weighted by molar-refractivity contribution is 5.85. The van der Waals surface area contributed by atoms with Crippen LogP contribution in [-0.4, -0.2) is 47.9 Å². The first-order valence-corrected chi connectivity index (χ1v) is 6.77. The van der Waals surface area contributed by atoms with Crippen LogP contribution in [0.5, 0.6) is 5.75 Å². The van der Waals surface area contributed by atoms with E-state index in [-0.39, 0.29) is 30.8 Å². The predicted molar refractivity (Wildman–Crippen MR) is 78.8 cm³/mol. The molecule has 1 saturated heterocycles. The van der Waals surface area contributed by atoms with Crippen molar-refractivity contribution in [2.75, 3.05) is 32.8 Å². The molecule has 3 N–H and O–H groups in total. The minimum absolute atomic E-state index is 0. The number of hydrogen-bond acceptors (Lipinski definition) is 4. The molecule has 1 heterocycles. The van der Waals surface area contributed by atoms with Gasteiger partial charge in [0, 0.05) is 44.4 Å². The second-order valence-electron chi connectivity index (χ2n) is 4.85. The third-order valence-electron chi connectivity index (χ3n) is 3.61. The molecule has 2 rings (SSSR count). The predicted octanol–water partition coefficient (Wildman–Crippen LogP) is 1.67. The monoisotopic (exact) mass is 304 g/mol. The molecule has 0 bridgehead atoms. The summed E-state index contributed by atoms with van der Waals surface area (Å²) in [7, 11) is 0. The van der Waals surface area contributed by atoms with E-state index in [2.05, 4.69) is 10.2 Å². The van der Waals surface area contributed by atoms with E-state index >= 15 is 0 Å². The average Bonchev–Trinajstić information content (AvgIpc) is 2.45. The van der Waals surface area contributed by atoms with E-state index in [1.54, 1.807) is 12.1 Å². The number of halogens is 2. The van der Waals surface area contributed by atoms with E-state index in [0.717, 1.165) is 26.2 Å². The number of benzene rings is 1. The van der Waals surface area contributed by atoms with E-state index in [4.69, 9.17) is 5.11 Å². The van der Waals surface area contributed by atoms with Crippen molar-refractivity contribution in [3.8, 4) is 5.75 Å². The third kappa shape index (κ3) is 4.06. The van der Waals surface area contributed by atoms with Crippen molar-refractivity contribution >= 4 is 12.4 Å². The molecule has 0 unspecified atom stereocenters. The normalized spacial score (nSPS) is 17.5. The largest absolute Gasteiger partial charge is 0.505 e. The van der Waals surface area contributed by atoms with Crippen LogP contribution in [0.25, 0.3) is 0 Å². The number of nitrogens with one attached hydrogen (secondary N) is 1. The van der Waals surface area contributed by atoms with Gasteiger partial charge in [-0.1, -0.05) is 12.1 Å². The average molecular weight is 305 g/mol. The highest BCUT2D eigenvalue weighted by atomic mass is 35.5. The zero-order valence-corrected chi connectivity index (χ0v) is 12.2. The van der Waals surface area contributed by atoms with Gasteiger partial charge in [-0.2, -0.15) is 0 Å². The van der Waals surface area contributed by atoms with Crippen molar-refractivity contribution in [1.29, 1.82) is 0 Å². The number of rotatable bonds is 5. The first-order valence-electron chi connectivity index (χ1n) is 6.77. The Labute approximate surface area is 125 Å². The standard InChI is InChI=1S/C14H21FN2O2.ClH/c15-12-4-1-3-11(14(12)19)13(5-2-10-18)17-8-6-16-7-9-17;/h1,3-4,13,16,18-19H,2,5-10H2;1H/t13-;/m0./s1. The van der Waals surface area contributed by atoms with Crippen LogP contribution in [0.15, 0.2) is 18.2 Å². The van der Waals surface area contributed by atoms with Crippen LogP contribution in [0.1, 0.15) is 24.4 Å². The number of nitrogens with zero attached hydrogens (tertiary/aromatic N) is 1. The Hall–Kier alpha value is -0.880. The van der Waals surface area contributed by atoms with Crippen molar-refractivity contribution in [2.45, 2.75) is 18.9 Å².